The van der Waals surface area contributed by atoms with Gasteiger partial charge in [-0.05, 0) is 60.3 Å². The minimum Gasteiger partial charge on any atom is -0.345 e. The highest BCUT2D eigenvalue weighted by Gasteiger charge is 2.19. The minimum absolute atomic E-state index is 0.0566. The molecule has 0 saturated heterocycles. The highest BCUT2D eigenvalue weighted by molar-refractivity contribution is 14.1. The molecule has 0 radical (unpaired) electrons. The number of hydrogen-bond donors (Lipinski definition) is 2. The van der Waals surface area contributed by atoms with Crippen molar-refractivity contribution in [1.82, 2.24) is 9.29 Å². The molecule has 2 aromatic rings. The molecule has 22 heavy (non-hydrogen) atoms. The van der Waals surface area contributed by atoms with Crippen molar-refractivity contribution in [3.63, 3.8) is 0 Å². The molecule has 0 atom stereocenters. The molecule has 1 aromatic heterocycles. The van der Waals surface area contributed by atoms with Gasteiger partial charge in [0.2, 0.25) is 10.0 Å². The number of anilines is 1. The van der Waals surface area contributed by atoms with E-state index in [0.29, 0.717) is 5.69 Å². The second kappa shape index (κ2) is 6.39. The fourth-order valence-corrected chi connectivity index (χ4v) is 3.21. The number of nitrogens with zero attached hydrogens (tertiary/aromatic N) is 1. The van der Waals surface area contributed by atoms with Gasteiger partial charge in [0, 0.05) is 22.5 Å². The van der Waals surface area contributed by atoms with Crippen LogP contribution in [0.25, 0.3) is 0 Å². The lowest BCUT2D eigenvalue weighted by atomic mass is 10.2. The standard InChI is InChI=1S/C14H16IN3O3S/c1-9-4-5-10(6-12(9)15)17-14(19)13-7-11(8-18(13)3)22(20,21)16-2/h4-8,16H,1-3H3,(H,17,19). The summed E-state index contributed by atoms with van der Waals surface area (Å²) in [7, 11) is -0.613. The molecule has 0 bridgehead atoms. The largest absolute Gasteiger partial charge is 0.345 e. The van der Waals surface area contributed by atoms with E-state index < -0.39 is 10.0 Å². The van der Waals surface area contributed by atoms with Crippen LogP contribution in [0.15, 0.2) is 35.4 Å². The number of nitrogens with one attached hydrogen (secondary N) is 2. The van der Waals surface area contributed by atoms with Gasteiger partial charge in [0.1, 0.15) is 10.6 Å². The Labute approximate surface area is 143 Å². The Bertz CT molecular complexity index is 828. The summed E-state index contributed by atoms with van der Waals surface area (Å²) >= 11 is 2.19. The number of sulfonamides is 1. The second-order valence-corrected chi connectivity index (χ2v) is 7.85. The highest BCUT2D eigenvalue weighted by atomic mass is 127. The zero-order chi connectivity index (χ0) is 16.5. The van der Waals surface area contributed by atoms with Gasteiger partial charge in [0.25, 0.3) is 5.91 Å². The normalized spacial score (nSPS) is 11.5. The molecule has 0 fully saturated rings. The Morgan fingerprint density at radius 1 is 1.27 bits per heavy atom. The molecule has 0 aliphatic carbocycles. The van der Waals surface area contributed by atoms with Crippen LogP contribution in [0.3, 0.4) is 0 Å². The van der Waals surface area contributed by atoms with Crippen molar-refractivity contribution in [2.24, 2.45) is 7.05 Å². The number of aryl methyl sites for hydroxylation is 2. The van der Waals surface area contributed by atoms with Crippen LogP contribution in [0.1, 0.15) is 16.1 Å². The summed E-state index contributed by atoms with van der Waals surface area (Å²) in [6.45, 7) is 1.99. The van der Waals surface area contributed by atoms with Crippen molar-refractivity contribution < 1.29 is 13.2 Å². The first-order valence-electron chi connectivity index (χ1n) is 6.42. The van der Waals surface area contributed by atoms with Crippen molar-refractivity contribution in [3.05, 3.63) is 45.3 Å². The summed E-state index contributed by atoms with van der Waals surface area (Å²) in [5, 5.41) is 2.77. The summed E-state index contributed by atoms with van der Waals surface area (Å²) in [6.07, 6.45) is 1.40. The summed E-state index contributed by atoms with van der Waals surface area (Å²) in [6, 6.07) is 6.94. The maximum Gasteiger partial charge on any atom is 0.272 e. The lowest BCUT2D eigenvalue weighted by Crippen LogP contribution is -2.18. The number of halogens is 1. The van der Waals surface area contributed by atoms with Gasteiger partial charge < -0.3 is 9.88 Å². The van der Waals surface area contributed by atoms with E-state index in [1.807, 2.05) is 25.1 Å². The zero-order valence-electron chi connectivity index (χ0n) is 12.3. The zero-order valence-corrected chi connectivity index (χ0v) is 15.3. The predicted octanol–water partition coefficient (Wildman–Crippen LogP) is 2.10. The molecule has 1 heterocycles. The number of aromatic nitrogens is 1. The third kappa shape index (κ3) is 3.50. The molecule has 8 heteroatoms. The van der Waals surface area contributed by atoms with Gasteiger partial charge in [-0.2, -0.15) is 0 Å². The van der Waals surface area contributed by atoms with E-state index in [1.165, 1.54) is 23.9 Å². The van der Waals surface area contributed by atoms with E-state index >= 15 is 0 Å². The number of carbonyl (C=O) groups is 1. The van der Waals surface area contributed by atoms with E-state index in [-0.39, 0.29) is 16.5 Å². The quantitative estimate of drug-likeness (QED) is 0.725. The van der Waals surface area contributed by atoms with E-state index in [2.05, 4.69) is 32.6 Å². The first-order chi connectivity index (χ1) is 10.2. The maximum absolute atomic E-state index is 12.3. The summed E-state index contributed by atoms with van der Waals surface area (Å²) in [4.78, 5) is 12.4. The Hall–Kier alpha value is -1.39. The minimum atomic E-state index is -3.57. The van der Waals surface area contributed by atoms with Gasteiger partial charge in [-0.25, -0.2) is 13.1 Å². The smallest absolute Gasteiger partial charge is 0.272 e. The van der Waals surface area contributed by atoms with E-state index in [4.69, 9.17) is 0 Å². The SMILES string of the molecule is CNS(=O)(=O)c1cc(C(=O)Nc2ccc(C)c(I)c2)n(C)c1. The number of hydrogen-bond acceptors (Lipinski definition) is 3. The van der Waals surface area contributed by atoms with Gasteiger partial charge in [-0.15, -0.1) is 0 Å². The molecule has 0 saturated carbocycles. The van der Waals surface area contributed by atoms with E-state index in [9.17, 15) is 13.2 Å². The summed E-state index contributed by atoms with van der Waals surface area (Å²) < 4.78 is 28.3. The fraction of sp³-hybridized carbons (Fsp3) is 0.214. The summed E-state index contributed by atoms with van der Waals surface area (Å²) in [5.74, 6) is -0.361. The van der Waals surface area contributed by atoms with Gasteiger partial charge in [-0.3, -0.25) is 4.79 Å². The van der Waals surface area contributed by atoms with Crippen molar-refractivity contribution in [1.29, 1.82) is 0 Å². The van der Waals surface area contributed by atoms with Crippen LogP contribution in [-0.4, -0.2) is 25.9 Å². The highest BCUT2D eigenvalue weighted by Crippen LogP contribution is 2.19. The molecule has 0 unspecified atom stereocenters. The van der Waals surface area contributed by atoms with E-state index in [1.54, 1.807) is 7.05 Å². The second-order valence-electron chi connectivity index (χ2n) is 4.80. The molecule has 0 aliphatic heterocycles. The first-order valence-corrected chi connectivity index (χ1v) is 8.98. The van der Waals surface area contributed by atoms with Crippen LogP contribution < -0.4 is 10.0 Å². The van der Waals surface area contributed by atoms with Gasteiger partial charge in [-0.1, -0.05) is 6.07 Å². The Kier molecular flexibility index (Phi) is 4.93. The number of benzene rings is 1. The molecule has 2 rings (SSSR count). The molecular formula is C14H16IN3O3S. The van der Waals surface area contributed by atoms with Gasteiger partial charge in [0.15, 0.2) is 0 Å². The average Bonchev–Trinajstić information content (AvgIpc) is 2.86. The third-order valence-electron chi connectivity index (χ3n) is 3.22. The predicted molar refractivity (Wildman–Crippen MR) is 93.5 cm³/mol. The monoisotopic (exact) mass is 433 g/mol. The molecule has 118 valence electrons. The molecule has 2 N–H and O–H groups in total. The number of rotatable bonds is 4. The molecule has 0 aliphatic rings. The molecule has 0 spiro atoms. The van der Waals surface area contributed by atoms with Crippen molar-refractivity contribution in [2.75, 3.05) is 12.4 Å². The molecule has 1 amide bonds. The van der Waals surface area contributed by atoms with Gasteiger partial charge in [0.05, 0.1) is 0 Å². The first kappa shape index (κ1) is 17.0. The van der Waals surface area contributed by atoms with E-state index in [0.717, 1.165) is 9.13 Å². The van der Waals surface area contributed by atoms with Crippen molar-refractivity contribution in [3.8, 4) is 0 Å². The Morgan fingerprint density at radius 3 is 2.55 bits per heavy atom. The maximum atomic E-state index is 12.3. The van der Waals surface area contributed by atoms with Crippen LogP contribution >= 0.6 is 22.6 Å². The summed E-state index contributed by atoms with van der Waals surface area (Å²) in [5.41, 5.74) is 2.06. The van der Waals surface area contributed by atoms with Gasteiger partial charge >= 0.3 is 0 Å². The molecule has 1 aromatic carbocycles. The molecular weight excluding hydrogens is 417 g/mol. The van der Waals surface area contributed by atoms with Crippen LogP contribution in [0, 0.1) is 10.5 Å². The van der Waals surface area contributed by atoms with Crippen LogP contribution in [0.4, 0.5) is 5.69 Å². The van der Waals surface area contributed by atoms with Crippen molar-refractivity contribution in [2.45, 2.75) is 11.8 Å². The lowest BCUT2D eigenvalue weighted by Gasteiger charge is -2.07. The number of amides is 1. The average molecular weight is 433 g/mol. The topological polar surface area (TPSA) is 80.2 Å². The Morgan fingerprint density at radius 2 is 1.95 bits per heavy atom. The lowest BCUT2D eigenvalue weighted by molar-refractivity contribution is 0.101. The number of carbonyl (C=O) groups excluding carboxylic acids is 1. The Balaban J connectivity index is 2.28. The fourth-order valence-electron chi connectivity index (χ4n) is 1.89. The molecule has 6 nitrogen and oxygen atoms in total. The van der Waals surface area contributed by atoms with Crippen LogP contribution in [-0.2, 0) is 17.1 Å². The van der Waals surface area contributed by atoms with Crippen molar-refractivity contribution >= 4 is 44.2 Å². The van der Waals surface area contributed by atoms with Crippen LogP contribution in [0.5, 0.6) is 0 Å². The van der Waals surface area contributed by atoms with Crippen LogP contribution in [0.2, 0.25) is 0 Å². The third-order valence-corrected chi connectivity index (χ3v) is 5.76.